The van der Waals surface area contributed by atoms with Gasteiger partial charge in [0.2, 0.25) is 0 Å². The second-order valence-corrected chi connectivity index (χ2v) is 6.63. The zero-order valence-corrected chi connectivity index (χ0v) is 15.9. The Labute approximate surface area is 171 Å². The molecular formula is C22H15ClN2O4. The summed E-state index contributed by atoms with van der Waals surface area (Å²) >= 11 is 5.90. The van der Waals surface area contributed by atoms with Gasteiger partial charge in [-0.15, -0.1) is 0 Å². The molecule has 1 amide bonds. The lowest BCUT2D eigenvalue weighted by atomic mass is 10.2. The van der Waals surface area contributed by atoms with Crippen molar-refractivity contribution in [1.29, 1.82) is 5.26 Å². The van der Waals surface area contributed by atoms with Crippen LogP contribution in [0, 0.1) is 11.3 Å². The quantitative estimate of drug-likeness (QED) is 0.491. The first-order valence-corrected chi connectivity index (χ1v) is 9.19. The molecule has 4 rings (SSSR count). The zero-order chi connectivity index (χ0) is 20.2. The summed E-state index contributed by atoms with van der Waals surface area (Å²) < 4.78 is 16.7. The van der Waals surface area contributed by atoms with Gasteiger partial charge in [-0.2, -0.15) is 5.26 Å². The van der Waals surface area contributed by atoms with Gasteiger partial charge in [-0.3, -0.25) is 4.79 Å². The Kier molecular flexibility index (Phi) is 5.23. The number of nitriles is 1. The topological polar surface area (TPSA) is 84.5 Å². The lowest BCUT2D eigenvalue weighted by molar-refractivity contribution is -0.112. The van der Waals surface area contributed by atoms with E-state index in [2.05, 4.69) is 5.32 Å². The summed E-state index contributed by atoms with van der Waals surface area (Å²) in [5.41, 5.74) is 1.26. The van der Waals surface area contributed by atoms with Crippen molar-refractivity contribution in [3.05, 3.63) is 71.0 Å². The third-order valence-electron chi connectivity index (χ3n) is 4.21. The minimum Gasteiger partial charge on any atom is -0.486 e. The van der Waals surface area contributed by atoms with Gasteiger partial charge >= 0.3 is 0 Å². The van der Waals surface area contributed by atoms with Crippen molar-refractivity contribution in [1.82, 2.24) is 0 Å². The van der Waals surface area contributed by atoms with Crippen molar-refractivity contribution in [3.63, 3.8) is 0 Å². The largest absolute Gasteiger partial charge is 0.486 e. The number of nitrogens with zero attached hydrogens (tertiary/aromatic N) is 1. The Morgan fingerprint density at radius 2 is 1.79 bits per heavy atom. The molecule has 0 saturated carbocycles. The first kappa shape index (κ1) is 18.7. The fourth-order valence-electron chi connectivity index (χ4n) is 2.81. The fraction of sp³-hybridized carbons (Fsp3) is 0.0909. The summed E-state index contributed by atoms with van der Waals surface area (Å²) in [6.07, 6.45) is 1.40. The summed E-state index contributed by atoms with van der Waals surface area (Å²) in [5.74, 6) is 1.63. The van der Waals surface area contributed by atoms with Crippen LogP contribution in [0.3, 0.4) is 0 Å². The van der Waals surface area contributed by atoms with Crippen LogP contribution in [0.5, 0.6) is 11.5 Å². The molecule has 29 heavy (non-hydrogen) atoms. The van der Waals surface area contributed by atoms with Gasteiger partial charge in [0.05, 0.1) is 0 Å². The highest BCUT2D eigenvalue weighted by Gasteiger charge is 2.15. The average Bonchev–Trinajstić information content (AvgIpc) is 3.21. The van der Waals surface area contributed by atoms with Gasteiger partial charge in [-0.1, -0.05) is 11.6 Å². The Hall–Kier alpha value is -3.69. The van der Waals surface area contributed by atoms with Crippen LogP contribution in [0.2, 0.25) is 5.02 Å². The summed E-state index contributed by atoms with van der Waals surface area (Å²) in [6.45, 7) is 0.934. The molecule has 6 nitrogen and oxygen atoms in total. The lowest BCUT2D eigenvalue weighted by Crippen LogP contribution is -2.17. The number of hydrogen-bond acceptors (Lipinski definition) is 5. The highest BCUT2D eigenvalue weighted by molar-refractivity contribution is 6.30. The minimum absolute atomic E-state index is 0.0862. The Bertz CT molecular complexity index is 1130. The van der Waals surface area contributed by atoms with Gasteiger partial charge in [0, 0.05) is 28.4 Å². The van der Waals surface area contributed by atoms with E-state index in [0.29, 0.717) is 46.9 Å². The van der Waals surface area contributed by atoms with Gasteiger partial charge in [0.15, 0.2) is 11.5 Å². The summed E-state index contributed by atoms with van der Waals surface area (Å²) in [7, 11) is 0. The SMILES string of the molecule is N#C/C(=C/c1ccc(-c2ccc(Cl)cc2)o1)C(=O)Nc1ccc2c(c1)OCCO2. The predicted octanol–water partition coefficient (Wildman–Crippen LogP) is 4.92. The maximum atomic E-state index is 12.5. The Balaban J connectivity index is 1.51. The molecule has 7 heteroatoms. The summed E-state index contributed by atoms with van der Waals surface area (Å²) in [4.78, 5) is 12.5. The summed E-state index contributed by atoms with van der Waals surface area (Å²) in [5, 5.41) is 12.7. The number of furan rings is 1. The molecular weight excluding hydrogens is 392 g/mol. The summed E-state index contributed by atoms with van der Waals surface area (Å²) in [6, 6.07) is 17.6. The van der Waals surface area contributed by atoms with E-state index >= 15 is 0 Å². The van der Waals surface area contributed by atoms with Crippen molar-refractivity contribution in [2.45, 2.75) is 0 Å². The van der Waals surface area contributed by atoms with Gasteiger partial charge in [0.25, 0.3) is 5.91 Å². The number of carbonyl (C=O) groups excluding carboxylic acids is 1. The van der Waals surface area contributed by atoms with Crippen LogP contribution >= 0.6 is 11.6 Å². The molecule has 0 unspecified atom stereocenters. The van der Waals surface area contributed by atoms with Crippen LogP contribution in [0.4, 0.5) is 5.69 Å². The van der Waals surface area contributed by atoms with Crippen LogP contribution in [-0.2, 0) is 4.79 Å². The first-order chi connectivity index (χ1) is 14.1. The van der Waals surface area contributed by atoms with Crippen molar-refractivity contribution in [2.24, 2.45) is 0 Å². The minimum atomic E-state index is -0.548. The van der Waals surface area contributed by atoms with Crippen molar-refractivity contribution in [2.75, 3.05) is 18.5 Å². The molecule has 0 aliphatic carbocycles. The monoisotopic (exact) mass is 406 g/mol. The molecule has 1 N–H and O–H groups in total. The first-order valence-electron chi connectivity index (χ1n) is 8.81. The van der Waals surface area contributed by atoms with Crippen LogP contribution in [0.1, 0.15) is 5.76 Å². The van der Waals surface area contributed by atoms with Gasteiger partial charge in [0.1, 0.15) is 36.4 Å². The molecule has 0 spiro atoms. The highest BCUT2D eigenvalue weighted by Crippen LogP contribution is 2.32. The van der Waals surface area contributed by atoms with Gasteiger partial charge in [-0.05, 0) is 48.5 Å². The fourth-order valence-corrected chi connectivity index (χ4v) is 2.94. The molecule has 2 aromatic carbocycles. The number of hydrogen-bond donors (Lipinski definition) is 1. The molecule has 0 saturated heterocycles. The van der Waals surface area contributed by atoms with Crippen LogP contribution < -0.4 is 14.8 Å². The number of carbonyl (C=O) groups is 1. The highest BCUT2D eigenvalue weighted by atomic mass is 35.5. The van der Waals surface area contributed by atoms with E-state index in [1.54, 1.807) is 42.5 Å². The van der Waals surface area contributed by atoms with Crippen molar-refractivity contribution in [3.8, 4) is 28.9 Å². The van der Waals surface area contributed by atoms with E-state index in [9.17, 15) is 10.1 Å². The maximum Gasteiger partial charge on any atom is 0.266 e. The second-order valence-electron chi connectivity index (χ2n) is 6.19. The standard InChI is InChI=1S/C22H15ClN2O4/c23-16-3-1-14(2-4-16)19-8-6-18(29-19)11-15(13-24)22(26)25-17-5-7-20-21(12-17)28-10-9-27-20/h1-8,11-12H,9-10H2,(H,25,26)/b15-11-. The molecule has 1 aliphatic rings. The van der Waals surface area contributed by atoms with Crippen LogP contribution in [0.25, 0.3) is 17.4 Å². The molecule has 0 radical (unpaired) electrons. The van der Waals surface area contributed by atoms with Crippen molar-refractivity contribution < 1.29 is 18.7 Å². The van der Waals surface area contributed by atoms with Crippen LogP contribution in [0.15, 0.2) is 64.6 Å². The molecule has 144 valence electrons. The number of amides is 1. The molecule has 2 heterocycles. The number of anilines is 1. The molecule has 1 aromatic heterocycles. The number of rotatable bonds is 4. The second kappa shape index (κ2) is 8.13. The predicted molar refractivity (Wildman–Crippen MR) is 109 cm³/mol. The van der Waals surface area contributed by atoms with E-state index in [0.717, 1.165) is 5.56 Å². The number of halogens is 1. The average molecular weight is 407 g/mol. The van der Waals surface area contributed by atoms with Crippen LogP contribution in [-0.4, -0.2) is 19.1 Å². The molecule has 1 aliphatic heterocycles. The Morgan fingerprint density at radius 3 is 2.55 bits per heavy atom. The van der Waals surface area contributed by atoms with E-state index in [1.807, 2.05) is 18.2 Å². The molecule has 0 bridgehead atoms. The number of ether oxygens (including phenoxy) is 2. The Morgan fingerprint density at radius 1 is 1.03 bits per heavy atom. The van der Waals surface area contributed by atoms with Gasteiger partial charge in [-0.25, -0.2) is 0 Å². The third kappa shape index (κ3) is 4.26. The van der Waals surface area contributed by atoms with Gasteiger partial charge < -0.3 is 19.2 Å². The maximum absolute atomic E-state index is 12.5. The molecule has 0 atom stereocenters. The number of fused-ring (bicyclic) bond motifs is 1. The van der Waals surface area contributed by atoms with E-state index in [-0.39, 0.29) is 5.57 Å². The normalized spacial score (nSPS) is 12.9. The lowest BCUT2D eigenvalue weighted by Gasteiger charge is -2.18. The van der Waals surface area contributed by atoms with E-state index < -0.39 is 5.91 Å². The van der Waals surface area contributed by atoms with E-state index in [4.69, 9.17) is 25.5 Å². The molecule has 0 fully saturated rings. The third-order valence-corrected chi connectivity index (χ3v) is 4.46. The zero-order valence-electron chi connectivity index (χ0n) is 15.1. The number of benzene rings is 2. The van der Waals surface area contributed by atoms with E-state index in [1.165, 1.54) is 6.08 Å². The van der Waals surface area contributed by atoms with Crippen molar-refractivity contribution >= 4 is 29.3 Å². The molecule has 3 aromatic rings. The smallest absolute Gasteiger partial charge is 0.266 e. The number of nitrogens with one attached hydrogen (secondary N) is 1.